The van der Waals surface area contributed by atoms with E-state index < -0.39 is 0 Å². The fourth-order valence-corrected chi connectivity index (χ4v) is 2.36. The van der Waals surface area contributed by atoms with Crippen LogP contribution in [0.25, 0.3) is 0 Å². The van der Waals surface area contributed by atoms with Crippen LogP contribution < -0.4 is 0 Å². The smallest absolute Gasteiger partial charge is 0.354 e. The summed E-state index contributed by atoms with van der Waals surface area (Å²) in [6, 6.07) is 3.70. The Labute approximate surface area is 108 Å². The second kappa shape index (κ2) is 6.59. The van der Waals surface area contributed by atoms with Crippen molar-refractivity contribution >= 4 is 5.97 Å². The molecule has 2 heterocycles. The Hall–Kier alpha value is -1.29. The minimum Gasteiger partial charge on any atom is -0.461 e. The van der Waals surface area contributed by atoms with Gasteiger partial charge in [-0.05, 0) is 44.7 Å². The third kappa shape index (κ3) is 3.35. The summed E-state index contributed by atoms with van der Waals surface area (Å²) in [6.07, 6.45) is 6.82. The average Bonchev–Trinajstić information content (AvgIpc) is 3.00. The number of aromatic nitrogens is 1. The summed E-state index contributed by atoms with van der Waals surface area (Å²) in [4.78, 5) is 11.7. The SMILES string of the molecule is CCOC(=O)c1cccn1CCCC1CCCO1. The average molecular weight is 251 g/mol. The number of carbonyl (C=O) groups is 1. The van der Waals surface area contributed by atoms with E-state index in [0.717, 1.165) is 26.0 Å². The van der Waals surface area contributed by atoms with Gasteiger partial charge in [-0.25, -0.2) is 4.79 Å². The van der Waals surface area contributed by atoms with Gasteiger partial charge in [-0.1, -0.05) is 0 Å². The van der Waals surface area contributed by atoms with Crippen molar-refractivity contribution < 1.29 is 14.3 Å². The predicted octanol–water partition coefficient (Wildman–Crippen LogP) is 2.62. The summed E-state index contributed by atoms with van der Waals surface area (Å²) in [5.41, 5.74) is 0.643. The van der Waals surface area contributed by atoms with Crippen molar-refractivity contribution in [2.24, 2.45) is 0 Å². The zero-order chi connectivity index (χ0) is 12.8. The van der Waals surface area contributed by atoms with Crippen molar-refractivity contribution in [2.75, 3.05) is 13.2 Å². The quantitative estimate of drug-likeness (QED) is 0.730. The van der Waals surface area contributed by atoms with Gasteiger partial charge in [-0.15, -0.1) is 0 Å². The van der Waals surface area contributed by atoms with Crippen LogP contribution >= 0.6 is 0 Å². The van der Waals surface area contributed by atoms with Crippen LogP contribution in [0.4, 0.5) is 0 Å². The van der Waals surface area contributed by atoms with Gasteiger partial charge in [-0.3, -0.25) is 0 Å². The van der Waals surface area contributed by atoms with Gasteiger partial charge in [0.2, 0.25) is 0 Å². The summed E-state index contributed by atoms with van der Waals surface area (Å²) >= 11 is 0. The highest BCUT2D eigenvalue weighted by atomic mass is 16.5. The van der Waals surface area contributed by atoms with Crippen LogP contribution in [0.3, 0.4) is 0 Å². The van der Waals surface area contributed by atoms with Gasteiger partial charge in [0.15, 0.2) is 0 Å². The Morgan fingerprint density at radius 1 is 1.61 bits per heavy atom. The van der Waals surface area contributed by atoms with Crippen LogP contribution in [-0.4, -0.2) is 29.9 Å². The lowest BCUT2D eigenvalue weighted by atomic mass is 10.1. The molecule has 0 bridgehead atoms. The molecule has 18 heavy (non-hydrogen) atoms. The summed E-state index contributed by atoms with van der Waals surface area (Å²) in [5, 5.41) is 0. The third-order valence-electron chi connectivity index (χ3n) is 3.26. The zero-order valence-corrected chi connectivity index (χ0v) is 10.9. The molecule has 0 aliphatic carbocycles. The molecular weight excluding hydrogens is 230 g/mol. The molecule has 0 aromatic carbocycles. The van der Waals surface area contributed by atoms with Crippen LogP contribution in [0.1, 0.15) is 43.1 Å². The lowest BCUT2D eigenvalue weighted by Crippen LogP contribution is -2.13. The Balaban J connectivity index is 1.81. The van der Waals surface area contributed by atoms with Crippen molar-refractivity contribution in [2.45, 2.75) is 45.3 Å². The minimum absolute atomic E-state index is 0.236. The van der Waals surface area contributed by atoms with Crippen molar-refractivity contribution in [1.29, 1.82) is 0 Å². The van der Waals surface area contributed by atoms with Crippen LogP contribution in [0.2, 0.25) is 0 Å². The van der Waals surface area contributed by atoms with Crippen LogP contribution in [0.5, 0.6) is 0 Å². The van der Waals surface area contributed by atoms with E-state index in [9.17, 15) is 4.79 Å². The van der Waals surface area contributed by atoms with Crippen molar-refractivity contribution in [3.8, 4) is 0 Å². The molecule has 0 saturated carbocycles. The Morgan fingerprint density at radius 3 is 3.22 bits per heavy atom. The third-order valence-corrected chi connectivity index (χ3v) is 3.26. The van der Waals surface area contributed by atoms with E-state index in [1.54, 1.807) is 0 Å². The molecule has 4 nitrogen and oxygen atoms in total. The number of rotatable bonds is 6. The molecule has 1 aromatic rings. The van der Waals surface area contributed by atoms with Crippen molar-refractivity contribution in [3.05, 3.63) is 24.0 Å². The Morgan fingerprint density at radius 2 is 2.50 bits per heavy atom. The van der Waals surface area contributed by atoms with Gasteiger partial charge in [0.05, 0.1) is 12.7 Å². The number of nitrogens with zero attached hydrogens (tertiary/aromatic N) is 1. The molecule has 1 fully saturated rings. The fraction of sp³-hybridized carbons (Fsp3) is 0.643. The second-order valence-electron chi connectivity index (χ2n) is 4.58. The van der Waals surface area contributed by atoms with E-state index >= 15 is 0 Å². The van der Waals surface area contributed by atoms with E-state index in [0.29, 0.717) is 18.4 Å². The highest BCUT2D eigenvalue weighted by Gasteiger charge is 2.16. The number of aryl methyl sites for hydroxylation is 1. The summed E-state index contributed by atoms with van der Waals surface area (Å²) in [7, 11) is 0. The largest absolute Gasteiger partial charge is 0.461 e. The monoisotopic (exact) mass is 251 g/mol. The molecule has 1 atom stereocenters. The highest BCUT2D eigenvalue weighted by molar-refractivity contribution is 5.87. The molecule has 1 unspecified atom stereocenters. The lowest BCUT2D eigenvalue weighted by Gasteiger charge is -2.11. The van der Waals surface area contributed by atoms with E-state index in [1.165, 1.54) is 12.8 Å². The maximum absolute atomic E-state index is 11.7. The molecule has 0 spiro atoms. The molecule has 0 amide bonds. The Bertz CT molecular complexity index is 380. The van der Waals surface area contributed by atoms with Crippen LogP contribution in [-0.2, 0) is 16.0 Å². The number of esters is 1. The maximum Gasteiger partial charge on any atom is 0.354 e. The molecule has 1 aromatic heterocycles. The molecule has 1 aliphatic heterocycles. The normalized spacial score (nSPS) is 19.1. The van der Waals surface area contributed by atoms with Crippen molar-refractivity contribution in [1.82, 2.24) is 4.57 Å². The fourth-order valence-electron chi connectivity index (χ4n) is 2.36. The highest BCUT2D eigenvalue weighted by Crippen LogP contribution is 2.17. The van der Waals surface area contributed by atoms with Gasteiger partial charge in [0.1, 0.15) is 5.69 Å². The molecule has 0 N–H and O–H groups in total. The van der Waals surface area contributed by atoms with Gasteiger partial charge in [-0.2, -0.15) is 0 Å². The van der Waals surface area contributed by atoms with E-state index in [-0.39, 0.29) is 5.97 Å². The van der Waals surface area contributed by atoms with E-state index in [1.807, 2.05) is 29.8 Å². The number of hydrogen-bond acceptors (Lipinski definition) is 3. The zero-order valence-electron chi connectivity index (χ0n) is 10.9. The number of hydrogen-bond donors (Lipinski definition) is 0. The predicted molar refractivity (Wildman–Crippen MR) is 68.6 cm³/mol. The molecule has 2 rings (SSSR count). The molecule has 1 aliphatic rings. The van der Waals surface area contributed by atoms with E-state index in [2.05, 4.69) is 0 Å². The number of carbonyl (C=O) groups excluding carboxylic acids is 1. The summed E-state index contributed by atoms with van der Waals surface area (Å²) in [5.74, 6) is -0.236. The van der Waals surface area contributed by atoms with Crippen LogP contribution in [0.15, 0.2) is 18.3 Å². The first-order valence-corrected chi connectivity index (χ1v) is 6.75. The molecule has 0 radical (unpaired) electrons. The number of ether oxygens (including phenoxy) is 2. The molecule has 1 saturated heterocycles. The second-order valence-corrected chi connectivity index (χ2v) is 4.58. The van der Waals surface area contributed by atoms with Crippen LogP contribution in [0, 0.1) is 0 Å². The summed E-state index contributed by atoms with van der Waals surface area (Å²) in [6.45, 7) is 3.99. The first-order chi connectivity index (χ1) is 8.81. The topological polar surface area (TPSA) is 40.5 Å². The molecule has 100 valence electrons. The molecular formula is C14H21NO3. The minimum atomic E-state index is -0.236. The van der Waals surface area contributed by atoms with Gasteiger partial charge in [0.25, 0.3) is 0 Å². The lowest BCUT2D eigenvalue weighted by molar-refractivity contribution is 0.0513. The van der Waals surface area contributed by atoms with Gasteiger partial charge >= 0.3 is 5.97 Å². The van der Waals surface area contributed by atoms with Gasteiger partial charge in [0, 0.05) is 19.3 Å². The molecule has 4 heteroatoms. The standard InChI is InChI=1S/C14H21NO3/c1-2-17-14(16)13-8-4-10-15(13)9-3-6-12-7-5-11-18-12/h4,8,10,12H,2-3,5-7,9,11H2,1H3. The van der Waals surface area contributed by atoms with E-state index in [4.69, 9.17) is 9.47 Å². The maximum atomic E-state index is 11.7. The summed E-state index contributed by atoms with van der Waals surface area (Å²) < 4.78 is 12.6. The Kier molecular flexibility index (Phi) is 4.81. The first-order valence-electron chi connectivity index (χ1n) is 6.75. The first kappa shape index (κ1) is 13.1. The van der Waals surface area contributed by atoms with Gasteiger partial charge < -0.3 is 14.0 Å². The van der Waals surface area contributed by atoms with Crippen molar-refractivity contribution in [3.63, 3.8) is 0 Å².